The topological polar surface area (TPSA) is 173 Å². The molecular weight excluding hydrogens is 268 g/mol. The van der Waals surface area contributed by atoms with E-state index >= 15 is 0 Å². The predicted molar refractivity (Wildman–Crippen MR) is 54.3 cm³/mol. The van der Waals surface area contributed by atoms with Gasteiger partial charge >= 0.3 is 11.3 Å². The molecule has 0 heterocycles. The summed E-state index contributed by atoms with van der Waals surface area (Å²) in [5.74, 6) is -2.59. The second-order valence-corrected chi connectivity index (χ2v) is 4.82. The molecule has 2 rings (SSSR count). The van der Waals surface area contributed by atoms with Gasteiger partial charge in [0, 0.05) is 0 Å². The summed E-state index contributed by atoms with van der Waals surface area (Å²) in [5.41, 5.74) is -5.06. The first-order chi connectivity index (χ1) is 8.69. The smallest absolute Gasteiger partial charge is 0.258 e. The van der Waals surface area contributed by atoms with Crippen molar-refractivity contribution in [3.8, 4) is 0 Å². The highest BCUT2D eigenvalue weighted by molar-refractivity contribution is 5.04. The maximum atomic E-state index is 10.9. The van der Waals surface area contributed by atoms with Crippen LogP contribution < -0.4 is 0 Å². The summed E-state index contributed by atoms with van der Waals surface area (Å²) in [4.78, 5) is 39.4. The second-order valence-electron chi connectivity index (χ2n) is 4.82. The van der Waals surface area contributed by atoms with Crippen LogP contribution in [0.5, 0.6) is 0 Å². The van der Waals surface area contributed by atoms with Crippen LogP contribution in [0.3, 0.4) is 0 Å². The van der Waals surface area contributed by atoms with Crippen LogP contribution in [-0.4, -0.2) is 31.0 Å². The molecule has 0 spiro atoms. The van der Waals surface area contributed by atoms with Gasteiger partial charge in [-0.25, -0.2) is 0 Å². The van der Waals surface area contributed by atoms with Gasteiger partial charge in [0.05, 0.1) is 19.7 Å². The molecule has 0 aliphatic heterocycles. The maximum Gasteiger partial charge on any atom is 0.462 e. The molecule has 2 fully saturated rings. The van der Waals surface area contributed by atoms with Crippen LogP contribution in [0.2, 0.25) is 0 Å². The van der Waals surface area contributed by atoms with E-state index in [4.69, 9.17) is 0 Å². The van der Waals surface area contributed by atoms with Crippen molar-refractivity contribution in [1.29, 1.82) is 0 Å². The average Bonchev–Trinajstić information content (AvgIpc) is 2.83. The fourth-order valence-electron chi connectivity index (χ4n) is 3.30. The minimum atomic E-state index is -2.53. The van der Waals surface area contributed by atoms with Crippen LogP contribution in [0.1, 0.15) is 19.3 Å². The lowest BCUT2D eigenvalue weighted by atomic mass is 9.82. The zero-order valence-electron chi connectivity index (χ0n) is 9.33. The molecule has 2 bridgehead atoms. The Balaban J connectivity index is 2.45. The van der Waals surface area contributed by atoms with Gasteiger partial charge in [-0.1, -0.05) is 0 Å². The molecule has 12 nitrogen and oxygen atoms in total. The third-order valence-corrected chi connectivity index (χ3v) is 4.23. The molecule has 0 saturated heterocycles. The Morgan fingerprint density at radius 3 is 1.11 bits per heavy atom. The fraction of sp³-hybridized carbons (Fsp3) is 1.00. The summed E-state index contributed by atoms with van der Waals surface area (Å²) in [6.07, 6.45) is -1.80. The Morgan fingerprint density at radius 1 is 0.684 bits per heavy atom. The molecule has 19 heavy (non-hydrogen) atoms. The lowest BCUT2D eigenvalue weighted by molar-refractivity contribution is -0.836. The highest BCUT2D eigenvalue weighted by atomic mass is 16.7. The van der Waals surface area contributed by atoms with Crippen LogP contribution in [0, 0.1) is 52.3 Å². The molecule has 2 atom stereocenters. The van der Waals surface area contributed by atoms with E-state index in [-0.39, 0.29) is 6.42 Å². The van der Waals surface area contributed by atoms with Gasteiger partial charge in [-0.3, -0.25) is 40.5 Å². The average molecular weight is 276 g/mol. The minimum absolute atomic E-state index is 0.246. The van der Waals surface area contributed by atoms with Crippen molar-refractivity contribution in [3.05, 3.63) is 40.5 Å². The molecule has 0 aromatic carbocycles. The third kappa shape index (κ3) is 1.27. The minimum Gasteiger partial charge on any atom is -0.258 e. The van der Waals surface area contributed by atoms with Crippen molar-refractivity contribution >= 4 is 0 Å². The SMILES string of the molecule is O=[N+]([O-])C1([N+](=O)[O-])C[C@H]2C[C@@H]1CC2([N+](=O)[O-])[N+](=O)[O-]. The first-order valence-corrected chi connectivity index (χ1v) is 5.27. The van der Waals surface area contributed by atoms with E-state index in [9.17, 15) is 40.5 Å². The Labute approximate surface area is 104 Å². The van der Waals surface area contributed by atoms with Crippen LogP contribution in [0.15, 0.2) is 0 Å². The van der Waals surface area contributed by atoms with Crippen molar-refractivity contribution in [2.24, 2.45) is 11.8 Å². The quantitative estimate of drug-likeness (QED) is 0.389. The molecule has 0 aromatic rings. The zero-order valence-corrected chi connectivity index (χ0v) is 9.33. The molecule has 2 saturated carbocycles. The lowest BCUT2D eigenvalue weighted by Gasteiger charge is -2.25. The Bertz CT molecular complexity index is 431. The van der Waals surface area contributed by atoms with Gasteiger partial charge in [0.1, 0.15) is 24.7 Å². The maximum absolute atomic E-state index is 10.9. The molecule has 0 radical (unpaired) electrons. The Hall–Kier alpha value is -2.40. The summed E-state index contributed by atoms with van der Waals surface area (Å²) in [6, 6.07) is 0. The van der Waals surface area contributed by atoms with Gasteiger partial charge in [-0.2, -0.15) is 0 Å². The zero-order chi connectivity index (χ0) is 14.6. The van der Waals surface area contributed by atoms with Gasteiger partial charge in [-0.05, 0) is 6.42 Å². The molecule has 0 amide bonds. The summed E-state index contributed by atoms with van der Waals surface area (Å²) in [6.45, 7) is 0. The van der Waals surface area contributed by atoms with Crippen molar-refractivity contribution in [3.63, 3.8) is 0 Å². The molecule has 0 unspecified atom stereocenters. The molecule has 104 valence electrons. The first kappa shape index (κ1) is 13.0. The summed E-state index contributed by atoms with van der Waals surface area (Å²) in [7, 11) is 0. The van der Waals surface area contributed by atoms with Crippen molar-refractivity contribution in [1.82, 2.24) is 0 Å². The third-order valence-electron chi connectivity index (χ3n) is 4.23. The normalized spacial score (nSPS) is 29.9. The molecular formula is C7H8N4O8. The van der Waals surface area contributed by atoms with Gasteiger partial charge in [0.25, 0.3) is 0 Å². The van der Waals surface area contributed by atoms with Gasteiger partial charge in [0.15, 0.2) is 0 Å². The number of hydrogen-bond acceptors (Lipinski definition) is 8. The standard InChI is InChI=1S/C7H8N4O8/c12-8(13)6(9(14)15)2-4-1-5(6)3-7(4,10(16)17)11(18)19/h4-5H,1-3H2/t4-,5-/m1/s1. The fourth-order valence-corrected chi connectivity index (χ4v) is 3.30. The van der Waals surface area contributed by atoms with Gasteiger partial charge in [-0.15, -0.1) is 0 Å². The number of nitro groups is 4. The lowest BCUT2D eigenvalue weighted by Crippen LogP contribution is -2.59. The first-order valence-electron chi connectivity index (χ1n) is 5.27. The van der Waals surface area contributed by atoms with E-state index in [0.29, 0.717) is 0 Å². The van der Waals surface area contributed by atoms with Gasteiger partial charge < -0.3 is 0 Å². The molecule has 2 aliphatic rings. The van der Waals surface area contributed by atoms with Crippen LogP contribution >= 0.6 is 0 Å². The van der Waals surface area contributed by atoms with E-state index in [0.717, 1.165) is 0 Å². The Kier molecular flexibility index (Phi) is 2.44. The monoisotopic (exact) mass is 276 g/mol. The highest BCUT2D eigenvalue weighted by Gasteiger charge is 2.85. The Morgan fingerprint density at radius 2 is 0.947 bits per heavy atom. The highest BCUT2D eigenvalue weighted by Crippen LogP contribution is 2.58. The van der Waals surface area contributed by atoms with Crippen LogP contribution in [0.25, 0.3) is 0 Å². The number of rotatable bonds is 4. The van der Waals surface area contributed by atoms with Crippen LogP contribution in [0.4, 0.5) is 0 Å². The van der Waals surface area contributed by atoms with Crippen molar-refractivity contribution in [2.45, 2.75) is 30.6 Å². The second kappa shape index (κ2) is 3.55. The van der Waals surface area contributed by atoms with E-state index < -0.39 is 55.7 Å². The summed E-state index contributed by atoms with van der Waals surface area (Å²) in [5, 5.41) is 43.7. The van der Waals surface area contributed by atoms with Crippen molar-refractivity contribution in [2.75, 3.05) is 0 Å². The van der Waals surface area contributed by atoms with E-state index in [1.165, 1.54) is 0 Å². The summed E-state index contributed by atoms with van der Waals surface area (Å²) < 4.78 is 0. The van der Waals surface area contributed by atoms with Crippen molar-refractivity contribution < 1.29 is 19.7 Å². The van der Waals surface area contributed by atoms with E-state index in [1.54, 1.807) is 0 Å². The summed E-state index contributed by atoms with van der Waals surface area (Å²) >= 11 is 0. The molecule has 2 aliphatic carbocycles. The molecule has 12 heteroatoms. The predicted octanol–water partition coefficient (Wildman–Crippen LogP) is -0.0843. The van der Waals surface area contributed by atoms with E-state index in [2.05, 4.69) is 0 Å². The molecule has 0 N–H and O–H groups in total. The number of fused-ring (bicyclic) bond motifs is 2. The van der Waals surface area contributed by atoms with Gasteiger partial charge in [0.2, 0.25) is 0 Å². The largest absolute Gasteiger partial charge is 0.462 e. The van der Waals surface area contributed by atoms with Crippen LogP contribution in [-0.2, 0) is 0 Å². The number of nitrogens with zero attached hydrogens (tertiary/aromatic N) is 4. The number of hydrogen-bond donors (Lipinski definition) is 0. The molecule has 0 aromatic heterocycles. The van der Waals surface area contributed by atoms with E-state index in [1.807, 2.05) is 0 Å².